The maximum atomic E-state index is 2.41. The van der Waals surface area contributed by atoms with E-state index in [0.717, 1.165) is 23.5 Å². The molecule has 70 heavy (non-hydrogen) atoms. The van der Waals surface area contributed by atoms with Crippen LogP contribution in [-0.4, -0.2) is 0 Å². The van der Waals surface area contributed by atoms with Crippen molar-refractivity contribution in [2.45, 2.75) is 32.6 Å². The molecule has 0 saturated carbocycles. The molecule has 1 heterocycles. The summed E-state index contributed by atoms with van der Waals surface area (Å²) >= 11 is 1.88. The van der Waals surface area contributed by atoms with E-state index in [1.165, 1.54) is 109 Å². The second-order valence-electron chi connectivity index (χ2n) is 19.7. The van der Waals surface area contributed by atoms with Crippen molar-refractivity contribution in [1.82, 2.24) is 0 Å². The minimum Gasteiger partial charge on any atom is -0.311 e. The second kappa shape index (κ2) is 16.9. The summed E-state index contributed by atoms with van der Waals surface area (Å²) < 4.78 is 2.66. The molecule has 1 nitrogen and oxygen atoms in total. The first-order valence-corrected chi connectivity index (χ1v) is 25.4. The van der Waals surface area contributed by atoms with Crippen molar-refractivity contribution in [3.8, 4) is 55.6 Å². The van der Waals surface area contributed by atoms with E-state index in [1.807, 2.05) is 11.3 Å². The molecule has 11 aromatic rings. The van der Waals surface area contributed by atoms with Gasteiger partial charge in [-0.1, -0.05) is 203 Å². The second-order valence-corrected chi connectivity index (χ2v) is 20.7. The molecular weight excluding hydrogens is 863 g/mol. The third-order valence-corrected chi connectivity index (χ3v) is 16.3. The molecule has 10 aromatic carbocycles. The highest BCUT2D eigenvalue weighted by Crippen LogP contribution is 2.54. The van der Waals surface area contributed by atoms with Crippen molar-refractivity contribution in [1.29, 1.82) is 0 Å². The fraction of sp³-hybridized carbons (Fsp3) is 0.0882. The standard InChI is InChI=1S/C68H51NS/c1-44-12-8-22-63-65(44)62-21-10-18-58(66(62)68(63,2)3)49-32-38-56(39-33-49)69(57-40-34-50(35-41-57)59-19-11-20-61-60-17-6-7-23-64(60)70-67(59)61)55-36-30-47(31-37-55)46-24-26-48(27-25-46)52-15-9-16-53(42-52)54-29-28-45-13-4-5-14-51(45)43-54/h4-11,13-44H,12H2,1-3H3. The highest BCUT2D eigenvalue weighted by atomic mass is 32.1. The molecule has 0 radical (unpaired) electrons. The van der Waals surface area contributed by atoms with Crippen LogP contribution in [0.15, 0.2) is 242 Å². The first kappa shape index (κ1) is 42.1. The molecule has 13 rings (SSSR count). The van der Waals surface area contributed by atoms with Crippen molar-refractivity contribution in [2.75, 3.05) is 4.90 Å². The van der Waals surface area contributed by atoms with Crippen LogP contribution in [0.5, 0.6) is 0 Å². The number of benzene rings is 10. The Morgan fingerprint density at radius 1 is 0.429 bits per heavy atom. The molecule has 1 atom stereocenters. The molecule has 0 saturated heterocycles. The average Bonchev–Trinajstić information content (AvgIpc) is 3.92. The Morgan fingerprint density at radius 3 is 1.64 bits per heavy atom. The van der Waals surface area contributed by atoms with Crippen LogP contribution in [0.3, 0.4) is 0 Å². The molecule has 1 unspecified atom stereocenters. The Balaban J connectivity index is 0.836. The zero-order valence-electron chi connectivity index (χ0n) is 39.7. The van der Waals surface area contributed by atoms with Crippen molar-refractivity contribution in [3.05, 3.63) is 253 Å². The van der Waals surface area contributed by atoms with Crippen molar-refractivity contribution >= 4 is 64.9 Å². The summed E-state index contributed by atoms with van der Waals surface area (Å²) in [7, 11) is 0. The van der Waals surface area contributed by atoms with Gasteiger partial charge < -0.3 is 4.90 Å². The van der Waals surface area contributed by atoms with Gasteiger partial charge in [0, 0.05) is 42.6 Å². The van der Waals surface area contributed by atoms with Gasteiger partial charge >= 0.3 is 0 Å². The Morgan fingerprint density at radius 2 is 0.929 bits per heavy atom. The number of hydrogen-bond acceptors (Lipinski definition) is 2. The van der Waals surface area contributed by atoms with Crippen LogP contribution >= 0.6 is 11.3 Å². The van der Waals surface area contributed by atoms with E-state index in [2.05, 4.69) is 262 Å². The summed E-state index contributed by atoms with van der Waals surface area (Å²) in [6.45, 7) is 7.20. The normalized spacial score (nSPS) is 14.9. The van der Waals surface area contributed by atoms with E-state index in [0.29, 0.717) is 5.92 Å². The third kappa shape index (κ3) is 7.13. The molecule has 0 bridgehead atoms. The lowest BCUT2D eigenvalue weighted by Gasteiger charge is -2.28. The molecular formula is C68H51NS. The van der Waals surface area contributed by atoms with Gasteiger partial charge in [-0.2, -0.15) is 0 Å². The lowest BCUT2D eigenvalue weighted by molar-refractivity contribution is 0.644. The molecule has 1 aromatic heterocycles. The van der Waals surface area contributed by atoms with Crippen molar-refractivity contribution in [3.63, 3.8) is 0 Å². The zero-order valence-corrected chi connectivity index (χ0v) is 40.5. The predicted molar refractivity (Wildman–Crippen MR) is 302 cm³/mol. The molecule has 0 amide bonds. The summed E-state index contributed by atoms with van der Waals surface area (Å²) in [5, 5.41) is 5.16. The number of thiophene rings is 1. The van der Waals surface area contributed by atoms with Crippen molar-refractivity contribution in [2.24, 2.45) is 5.92 Å². The number of anilines is 3. The number of fused-ring (bicyclic) bond motifs is 6. The maximum absolute atomic E-state index is 2.41. The van der Waals surface area contributed by atoms with Crippen LogP contribution in [0.4, 0.5) is 17.1 Å². The highest BCUT2D eigenvalue weighted by molar-refractivity contribution is 7.26. The van der Waals surface area contributed by atoms with Gasteiger partial charge in [0.25, 0.3) is 0 Å². The molecule has 0 N–H and O–H groups in total. The fourth-order valence-corrected chi connectivity index (χ4v) is 12.8. The molecule has 2 aliphatic rings. The number of allylic oxidation sites excluding steroid dienone is 4. The Hall–Kier alpha value is -8.04. The van der Waals surface area contributed by atoms with Gasteiger partial charge in [-0.05, 0) is 156 Å². The fourth-order valence-electron chi connectivity index (χ4n) is 11.6. The third-order valence-electron chi connectivity index (χ3n) is 15.1. The monoisotopic (exact) mass is 913 g/mol. The van der Waals surface area contributed by atoms with E-state index in [-0.39, 0.29) is 5.41 Å². The molecule has 0 fully saturated rings. The predicted octanol–water partition coefficient (Wildman–Crippen LogP) is 19.7. The van der Waals surface area contributed by atoms with Crippen LogP contribution in [0.2, 0.25) is 0 Å². The van der Waals surface area contributed by atoms with Gasteiger partial charge in [-0.25, -0.2) is 0 Å². The summed E-state index contributed by atoms with van der Waals surface area (Å²) in [5.41, 5.74) is 21.5. The lowest BCUT2D eigenvalue weighted by atomic mass is 9.76. The number of nitrogens with zero attached hydrogens (tertiary/aromatic N) is 1. The minimum absolute atomic E-state index is 0.0648. The van der Waals surface area contributed by atoms with Gasteiger partial charge in [0.15, 0.2) is 0 Å². The van der Waals surface area contributed by atoms with Crippen LogP contribution in [-0.2, 0) is 5.41 Å². The zero-order chi connectivity index (χ0) is 46.9. The first-order chi connectivity index (χ1) is 34.4. The Kier molecular flexibility index (Phi) is 10.1. The summed E-state index contributed by atoms with van der Waals surface area (Å²) in [4.78, 5) is 2.40. The van der Waals surface area contributed by atoms with Gasteiger partial charge in [0.1, 0.15) is 0 Å². The molecule has 0 spiro atoms. The number of hydrogen-bond donors (Lipinski definition) is 0. The van der Waals surface area contributed by atoms with Crippen LogP contribution in [0, 0.1) is 5.92 Å². The van der Waals surface area contributed by atoms with Crippen LogP contribution in [0.25, 0.3) is 92.2 Å². The van der Waals surface area contributed by atoms with E-state index >= 15 is 0 Å². The SMILES string of the molecule is CC1CC=CC2=C1c1cccc(-c3ccc(N(c4ccc(-c5ccc(-c6cccc(-c7ccc8ccccc8c7)c6)cc5)cc4)c4ccc(-c5cccc6c5sc5ccccc56)cc4)cc3)c1C2(C)C. The van der Waals surface area contributed by atoms with Crippen LogP contribution in [0.1, 0.15) is 38.3 Å². The topological polar surface area (TPSA) is 3.24 Å². The average molecular weight is 914 g/mol. The summed E-state index contributed by atoms with van der Waals surface area (Å²) in [5.74, 6) is 0.520. The lowest BCUT2D eigenvalue weighted by Crippen LogP contribution is -2.18. The van der Waals surface area contributed by atoms with Gasteiger partial charge in [-0.15, -0.1) is 11.3 Å². The number of rotatable bonds is 8. The molecule has 0 aliphatic heterocycles. The molecule has 2 aliphatic carbocycles. The van der Waals surface area contributed by atoms with E-state index in [4.69, 9.17) is 0 Å². The van der Waals surface area contributed by atoms with E-state index < -0.39 is 0 Å². The van der Waals surface area contributed by atoms with E-state index in [1.54, 1.807) is 0 Å². The smallest absolute Gasteiger partial charge is 0.0462 e. The van der Waals surface area contributed by atoms with Gasteiger partial charge in [0.2, 0.25) is 0 Å². The van der Waals surface area contributed by atoms with Gasteiger partial charge in [-0.3, -0.25) is 0 Å². The summed E-state index contributed by atoms with van der Waals surface area (Å²) in [6, 6.07) is 83.1. The van der Waals surface area contributed by atoms with Crippen LogP contribution < -0.4 is 4.90 Å². The maximum Gasteiger partial charge on any atom is 0.0462 e. The Bertz CT molecular complexity index is 3860. The molecule has 2 heteroatoms. The van der Waals surface area contributed by atoms with E-state index in [9.17, 15) is 0 Å². The summed E-state index contributed by atoms with van der Waals surface area (Å²) in [6.07, 6.45) is 5.86. The Labute approximate surface area is 415 Å². The minimum atomic E-state index is -0.0648. The molecule has 334 valence electrons. The first-order valence-electron chi connectivity index (χ1n) is 24.6. The van der Waals surface area contributed by atoms with Crippen molar-refractivity contribution < 1.29 is 0 Å². The van der Waals surface area contributed by atoms with Gasteiger partial charge in [0.05, 0.1) is 0 Å². The quantitative estimate of drug-likeness (QED) is 0.147. The largest absolute Gasteiger partial charge is 0.311 e. The highest BCUT2D eigenvalue weighted by Gasteiger charge is 2.40.